The maximum Gasteiger partial charge on any atom is 0.341 e. The Morgan fingerprint density at radius 3 is 2.61 bits per heavy atom. The third-order valence-corrected chi connectivity index (χ3v) is 5.52. The van der Waals surface area contributed by atoms with Crippen molar-refractivity contribution in [3.8, 4) is 11.5 Å². The summed E-state index contributed by atoms with van der Waals surface area (Å²) in [5, 5.41) is 20.0. The number of carbonyl (C=O) groups excluding carboxylic acids is 1. The van der Waals surface area contributed by atoms with E-state index in [1.54, 1.807) is 6.20 Å². The minimum absolute atomic E-state index is 0.0222. The van der Waals surface area contributed by atoms with Gasteiger partial charge in [-0.05, 0) is 52.3 Å². The summed E-state index contributed by atoms with van der Waals surface area (Å²) >= 11 is 8.46. The van der Waals surface area contributed by atoms with E-state index in [0.29, 0.717) is 24.9 Å². The summed E-state index contributed by atoms with van der Waals surface area (Å²) in [6.07, 6.45) is 4.36. The second-order valence-electron chi connectivity index (χ2n) is 6.17. The van der Waals surface area contributed by atoms with Gasteiger partial charge in [-0.3, -0.25) is 0 Å². The molecule has 0 saturated heterocycles. The normalized spacial score (nSPS) is 10.8. The Balaban J connectivity index is 1.85. The summed E-state index contributed by atoms with van der Waals surface area (Å²) in [5.74, 6) is -0.570. The zero-order chi connectivity index (χ0) is 20.3. The molecule has 1 aromatic heterocycles. The van der Waals surface area contributed by atoms with Gasteiger partial charge in [0, 0.05) is 35.0 Å². The van der Waals surface area contributed by atoms with Gasteiger partial charge in [-0.1, -0.05) is 23.7 Å². The van der Waals surface area contributed by atoms with Crippen LogP contribution in [0.1, 0.15) is 27.3 Å². The van der Waals surface area contributed by atoms with Crippen LogP contribution in [0.5, 0.6) is 11.5 Å². The van der Waals surface area contributed by atoms with Crippen molar-refractivity contribution in [1.82, 2.24) is 9.55 Å². The van der Waals surface area contributed by atoms with Gasteiger partial charge in [0.15, 0.2) is 0 Å². The fourth-order valence-corrected chi connectivity index (χ4v) is 3.59. The second kappa shape index (κ2) is 8.83. The van der Waals surface area contributed by atoms with Gasteiger partial charge >= 0.3 is 5.97 Å². The lowest BCUT2D eigenvalue weighted by Crippen LogP contribution is -2.10. The van der Waals surface area contributed by atoms with Crippen LogP contribution in [0.25, 0.3) is 0 Å². The van der Waals surface area contributed by atoms with Gasteiger partial charge < -0.3 is 19.5 Å². The number of methoxy groups -OCH3 is 1. The SMILES string of the molecule is COC(=O)c1c(O)cc(O)c(Cl)c1CCc1nccn1Cc1ccc(I)cc1. The van der Waals surface area contributed by atoms with E-state index in [1.807, 2.05) is 22.9 Å². The minimum atomic E-state index is -0.711. The maximum atomic E-state index is 12.1. The van der Waals surface area contributed by atoms with Crippen molar-refractivity contribution in [1.29, 1.82) is 0 Å². The van der Waals surface area contributed by atoms with E-state index in [2.05, 4.69) is 39.7 Å². The Morgan fingerprint density at radius 2 is 1.93 bits per heavy atom. The summed E-state index contributed by atoms with van der Waals surface area (Å²) in [5.41, 5.74) is 1.43. The number of ether oxygens (including phenoxy) is 1. The summed E-state index contributed by atoms with van der Waals surface area (Å²) in [6.45, 7) is 0.662. The molecule has 28 heavy (non-hydrogen) atoms. The van der Waals surface area contributed by atoms with Crippen LogP contribution in [0.3, 0.4) is 0 Å². The number of hydrogen-bond donors (Lipinski definition) is 2. The summed E-state index contributed by atoms with van der Waals surface area (Å²) < 4.78 is 7.92. The Labute approximate surface area is 180 Å². The molecule has 0 atom stereocenters. The molecule has 3 rings (SSSR count). The highest BCUT2D eigenvalue weighted by Crippen LogP contribution is 2.37. The third kappa shape index (κ3) is 4.41. The topological polar surface area (TPSA) is 84.6 Å². The van der Waals surface area contributed by atoms with Crippen LogP contribution >= 0.6 is 34.2 Å². The Hall–Kier alpha value is -2.26. The zero-order valence-electron chi connectivity index (χ0n) is 15.0. The number of esters is 1. The van der Waals surface area contributed by atoms with E-state index < -0.39 is 5.97 Å². The summed E-state index contributed by atoms with van der Waals surface area (Å²) in [4.78, 5) is 16.5. The number of halogens is 2. The van der Waals surface area contributed by atoms with Crippen molar-refractivity contribution in [3.63, 3.8) is 0 Å². The third-order valence-electron chi connectivity index (χ3n) is 4.38. The number of aryl methyl sites for hydroxylation is 1. The predicted octanol–water partition coefficient (Wildman–Crippen LogP) is 4.17. The van der Waals surface area contributed by atoms with Crippen LogP contribution in [0.15, 0.2) is 42.7 Å². The molecule has 0 amide bonds. The van der Waals surface area contributed by atoms with Gasteiger partial charge in [0.25, 0.3) is 0 Å². The number of aromatic nitrogens is 2. The Morgan fingerprint density at radius 1 is 1.21 bits per heavy atom. The first-order chi connectivity index (χ1) is 13.4. The van der Waals surface area contributed by atoms with Gasteiger partial charge in [-0.15, -0.1) is 0 Å². The second-order valence-corrected chi connectivity index (χ2v) is 7.80. The number of benzene rings is 2. The molecule has 0 saturated carbocycles. The number of imidazole rings is 1. The predicted molar refractivity (Wildman–Crippen MR) is 114 cm³/mol. The average molecular weight is 513 g/mol. The molecule has 0 spiro atoms. The van der Waals surface area contributed by atoms with Gasteiger partial charge in [0.1, 0.15) is 22.9 Å². The molecular weight excluding hydrogens is 495 g/mol. The highest BCUT2D eigenvalue weighted by Gasteiger charge is 2.23. The van der Waals surface area contributed by atoms with E-state index in [9.17, 15) is 15.0 Å². The van der Waals surface area contributed by atoms with Crippen molar-refractivity contribution in [2.75, 3.05) is 7.11 Å². The fraction of sp³-hybridized carbons (Fsp3) is 0.200. The van der Waals surface area contributed by atoms with Crippen LogP contribution in [-0.2, 0) is 24.1 Å². The van der Waals surface area contributed by atoms with Crippen LogP contribution in [0.2, 0.25) is 5.02 Å². The molecule has 3 aromatic rings. The van der Waals surface area contributed by atoms with Crippen molar-refractivity contribution in [3.05, 3.63) is 73.8 Å². The van der Waals surface area contributed by atoms with E-state index in [4.69, 9.17) is 16.3 Å². The Kier molecular flexibility index (Phi) is 6.46. The maximum absolute atomic E-state index is 12.1. The van der Waals surface area contributed by atoms with Crippen molar-refractivity contribution >= 4 is 40.2 Å². The number of rotatable bonds is 6. The van der Waals surface area contributed by atoms with Crippen LogP contribution in [-0.4, -0.2) is 32.8 Å². The molecule has 0 aliphatic rings. The van der Waals surface area contributed by atoms with Crippen LogP contribution in [0.4, 0.5) is 0 Å². The molecule has 0 bridgehead atoms. The number of hydrogen-bond acceptors (Lipinski definition) is 5. The number of phenols is 2. The number of carbonyl (C=O) groups is 1. The molecule has 0 fully saturated rings. The van der Waals surface area contributed by atoms with Gasteiger partial charge in [0.05, 0.1) is 12.1 Å². The molecule has 6 nitrogen and oxygen atoms in total. The van der Waals surface area contributed by atoms with E-state index in [-0.39, 0.29) is 22.1 Å². The molecule has 1 heterocycles. The lowest BCUT2D eigenvalue weighted by atomic mass is 10.0. The van der Waals surface area contributed by atoms with Gasteiger partial charge in [0.2, 0.25) is 0 Å². The standard InChI is InChI=1S/C20H18ClIN2O4/c1-28-20(27)18-14(19(21)16(26)10-15(18)25)6-7-17-23-8-9-24(17)11-12-2-4-13(22)5-3-12/h2-5,8-10,25-26H,6-7,11H2,1H3. The molecule has 8 heteroatoms. The molecule has 2 aromatic carbocycles. The van der Waals surface area contributed by atoms with Crippen molar-refractivity contribution in [2.24, 2.45) is 0 Å². The van der Waals surface area contributed by atoms with Crippen molar-refractivity contribution in [2.45, 2.75) is 19.4 Å². The fourth-order valence-electron chi connectivity index (χ4n) is 2.98. The Bertz CT molecular complexity index is 1000. The minimum Gasteiger partial charge on any atom is -0.507 e. The van der Waals surface area contributed by atoms with E-state index in [1.165, 1.54) is 10.7 Å². The first kappa shape index (κ1) is 20.5. The first-order valence-corrected chi connectivity index (χ1v) is 9.92. The van der Waals surface area contributed by atoms with E-state index >= 15 is 0 Å². The molecule has 2 N–H and O–H groups in total. The van der Waals surface area contributed by atoms with E-state index in [0.717, 1.165) is 17.5 Å². The van der Waals surface area contributed by atoms with Gasteiger partial charge in [-0.2, -0.15) is 0 Å². The summed E-state index contributed by atoms with van der Waals surface area (Å²) in [7, 11) is 1.22. The molecule has 0 aliphatic carbocycles. The molecular formula is C20H18ClIN2O4. The number of nitrogens with zero attached hydrogens (tertiary/aromatic N) is 2. The smallest absolute Gasteiger partial charge is 0.341 e. The zero-order valence-corrected chi connectivity index (χ0v) is 17.9. The average Bonchev–Trinajstić information content (AvgIpc) is 3.11. The van der Waals surface area contributed by atoms with Gasteiger partial charge in [-0.25, -0.2) is 9.78 Å². The number of aromatic hydroxyl groups is 2. The molecule has 0 aliphatic heterocycles. The van der Waals surface area contributed by atoms with Crippen LogP contribution < -0.4 is 0 Å². The quantitative estimate of drug-likeness (QED) is 0.383. The first-order valence-electron chi connectivity index (χ1n) is 8.46. The largest absolute Gasteiger partial charge is 0.507 e. The number of phenolic OH excluding ortho intramolecular Hbond substituents is 2. The van der Waals surface area contributed by atoms with Crippen LogP contribution in [0, 0.1) is 3.57 Å². The molecule has 0 unspecified atom stereocenters. The lowest BCUT2D eigenvalue weighted by molar-refractivity contribution is 0.0596. The summed E-state index contributed by atoms with van der Waals surface area (Å²) in [6, 6.07) is 9.25. The molecule has 0 radical (unpaired) electrons. The van der Waals surface area contributed by atoms with Crippen molar-refractivity contribution < 1.29 is 19.7 Å². The monoisotopic (exact) mass is 512 g/mol. The lowest BCUT2D eigenvalue weighted by Gasteiger charge is -2.14. The highest BCUT2D eigenvalue weighted by atomic mass is 127. The molecule has 146 valence electrons. The highest BCUT2D eigenvalue weighted by molar-refractivity contribution is 14.1.